The largest absolute Gasteiger partial charge is 0.466 e. The second-order valence-corrected chi connectivity index (χ2v) is 6.30. The quantitative estimate of drug-likeness (QED) is 0.387. The smallest absolute Gasteiger partial charge is 0.331 e. The molecule has 0 bridgehead atoms. The Hall–Kier alpha value is -3.13. The number of benzene rings is 1. The molecule has 1 aliphatic rings. The van der Waals surface area contributed by atoms with Crippen LogP contribution in [0.1, 0.15) is 11.3 Å². The topological polar surface area (TPSA) is 93.3 Å². The maximum atomic E-state index is 11.7. The summed E-state index contributed by atoms with van der Waals surface area (Å²) < 4.78 is 10.1. The van der Waals surface area contributed by atoms with Gasteiger partial charge >= 0.3 is 5.97 Å². The highest BCUT2D eigenvalue weighted by Gasteiger charge is 2.24. The van der Waals surface area contributed by atoms with Gasteiger partial charge in [0.15, 0.2) is 5.17 Å². The van der Waals surface area contributed by atoms with Crippen molar-refractivity contribution in [2.75, 3.05) is 7.11 Å². The highest BCUT2D eigenvalue weighted by atomic mass is 32.2. The Labute approximate surface area is 153 Å². The first-order chi connectivity index (χ1) is 12.5. The minimum atomic E-state index is -0.598. The lowest BCUT2D eigenvalue weighted by Crippen LogP contribution is -2.19. The van der Waals surface area contributed by atoms with E-state index in [-0.39, 0.29) is 4.91 Å². The van der Waals surface area contributed by atoms with Crippen molar-refractivity contribution in [1.29, 1.82) is 0 Å². The molecule has 1 aromatic carbocycles. The summed E-state index contributed by atoms with van der Waals surface area (Å²) in [6.07, 6.45) is 2.68. The van der Waals surface area contributed by atoms with E-state index in [4.69, 9.17) is 4.42 Å². The van der Waals surface area contributed by atoms with Gasteiger partial charge in [-0.1, -0.05) is 24.3 Å². The number of aryl methyl sites for hydroxylation is 1. The molecule has 2 heterocycles. The Kier molecular flexibility index (Phi) is 5.33. The van der Waals surface area contributed by atoms with Crippen LogP contribution in [0.4, 0.5) is 0 Å². The molecule has 1 fully saturated rings. The third-order valence-electron chi connectivity index (χ3n) is 3.39. The fourth-order valence-electron chi connectivity index (χ4n) is 2.11. The van der Waals surface area contributed by atoms with E-state index < -0.39 is 11.9 Å². The molecule has 3 rings (SSSR count). The van der Waals surface area contributed by atoms with Crippen molar-refractivity contribution in [2.45, 2.75) is 6.92 Å². The maximum absolute atomic E-state index is 11.7. The molecule has 0 aliphatic carbocycles. The molecule has 2 aromatic rings. The molecule has 26 heavy (non-hydrogen) atoms. The fourth-order valence-corrected chi connectivity index (χ4v) is 2.85. The van der Waals surface area contributed by atoms with Gasteiger partial charge in [0.1, 0.15) is 11.5 Å². The average molecular weight is 369 g/mol. The molecule has 0 unspecified atom stereocenters. The Morgan fingerprint density at radius 3 is 2.65 bits per heavy atom. The maximum Gasteiger partial charge on any atom is 0.331 e. The van der Waals surface area contributed by atoms with E-state index in [1.165, 1.54) is 7.11 Å². The highest BCUT2D eigenvalue weighted by Crippen LogP contribution is 2.24. The Bertz CT molecular complexity index is 926. The second-order valence-electron chi connectivity index (χ2n) is 5.27. The number of esters is 1. The van der Waals surface area contributed by atoms with Crippen LogP contribution in [-0.4, -0.2) is 30.4 Å². The first kappa shape index (κ1) is 17.7. The minimum absolute atomic E-state index is 0.212. The number of hydrogen-bond acceptors (Lipinski definition) is 7. The van der Waals surface area contributed by atoms with Crippen molar-refractivity contribution in [2.24, 2.45) is 10.2 Å². The van der Waals surface area contributed by atoms with Crippen LogP contribution in [-0.2, 0) is 14.3 Å². The summed E-state index contributed by atoms with van der Waals surface area (Å²) in [7, 11) is 1.24. The molecule has 0 radical (unpaired) electrons. The van der Waals surface area contributed by atoms with Gasteiger partial charge in [-0.3, -0.25) is 10.1 Å². The van der Waals surface area contributed by atoms with Crippen molar-refractivity contribution in [1.82, 2.24) is 5.32 Å². The Balaban J connectivity index is 1.65. The summed E-state index contributed by atoms with van der Waals surface area (Å²) in [4.78, 5) is 23.1. The number of rotatable bonds is 4. The van der Waals surface area contributed by atoms with Crippen LogP contribution in [0.25, 0.3) is 11.3 Å². The summed E-state index contributed by atoms with van der Waals surface area (Å²) in [5.74, 6) is 0.658. The molecule has 0 saturated carbocycles. The average Bonchev–Trinajstić information content (AvgIpc) is 3.21. The van der Waals surface area contributed by atoms with Gasteiger partial charge in [0, 0.05) is 11.6 Å². The van der Waals surface area contributed by atoms with Gasteiger partial charge in [0.2, 0.25) is 0 Å². The van der Waals surface area contributed by atoms with Crippen LogP contribution >= 0.6 is 11.8 Å². The van der Waals surface area contributed by atoms with Crippen LogP contribution < -0.4 is 5.32 Å². The fraction of sp³-hybridized carbons (Fsp3) is 0.111. The normalized spacial score (nSPS) is 17.2. The molecule has 1 amide bonds. The van der Waals surface area contributed by atoms with E-state index in [2.05, 4.69) is 20.3 Å². The number of nitrogens with zero attached hydrogens (tertiary/aromatic N) is 2. The number of nitrogens with one attached hydrogen (secondary N) is 1. The predicted molar refractivity (Wildman–Crippen MR) is 99.7 cm³/mol. The highest BCUT2D eigenvalue weighted by molar-refractivity contribution is 8.18. The van der Waals surface area contributed by atoms with Crippen molar-refractivity contribution >= 4 is 35.0 Å². The number of amidine groups is 1. The number of ether oxygens (including phenoxy) is 1. The van der Waals surface area contributed by atoms with Crippen LogP contribution in [0.2, 0.25) is 0 Å². The zero-order chi connectivity index (χ0) is 18.5. The molecule has 0 spiro atoms. The first-order valence-electron chi connectivity index (χ1n) is 7.62. The Morgan fingerprint density at radius 1 is 1.23 bits per heavy atom. The van der Waals surface area contributed by atoms with E-state index in [1.54, 1.807) is 6.21 Å². The SMILES string of the molecule is COC(=O)/C=C1/S/C(=N\N=Cc2ccc(-c3ccc(C)o3)cc2)NC1=O. The summed E-state index contributed by atoms with van der Waals surface area (Å²) in [6, 6.07) is 11.5. The van der Waals surface area contributed by atoms with Crippen LogP contribution in [0.3, 0.4) is 0 Å². The van der Waals surface area contributed by atoms with E-state index in [1.807, 2.05) is 43.3 Å². The number of furan rings is 1. The number of carbonyl (C=O) groups excluding carboxylic acids is 2. The second kappa shape index (κ2) is 7.83. The zero-order valence-electron chi connectivity index (χ0n) is 14.1. The van der Waals surface area contributed by atoms with Crippen molar-refractivity contribution < 1.29 is 18.7 Å². The van der Waals surface area contributed by atoms with Crippen LogP contribution in [0.15, 0.2) is 62.0 Å². The lowest BCUT2D eigenvalue weighted by Gasteiger charge is -1.97. The molecule has 1 N–H and O–H groups in total. The van der Waals surface area contributed by atoms with Gasteiger partial charge in [-0.15, -0.1) is 5.10 Å². The molecule has 1 aromatic heterocycles. The van der Waals surface area contributed by atoms with Crippen LogP contribution in [0.5, 0.6) is 0 Å². The molecule has 8 heteroatoms. The summed E-state index contributed by atoms with van der Waals surface area (Å²) in [6.45, 7) is 1.90. The number of hydrogen-bond donors (Lipinski definition) is 1. The number of carbonyl (C=O) groups is 2. The summed E-state index contributed by atoms with van der Waals surface area (Å²) in [5.41, 5.74) is 1.82. The van der Waals surface area contributed by atoms with E-state index in [0.29, 0.717) is 5.17 Å². The molecule has 1 aliphatic heterocycles. The lowest BCUT2D eigenvalue weighted by molar-refractivity contribution is -0.135. The van der Waals surface area contributed by atoms with Gasteiger partial charge < -0.3 is 9.15 Å². The Morgan fingerprint density at radius 2 is 2.00 bits per heavy atom. The number of thioether (sulfide) groups is 1. The van der Waals surface area contributed by atoms with E-state index >= 15 is 0 Å². The van der Waals surface area contributed by atoms with Crippen molar-refractivity contribution in [3.8, 4) is 11.3 Å². The van der Waals surface area contributed by atoms with Gasteiger partial charge in [-0.05, 0) is 36.4 Å². The van der Waals surface area contributed by atoms with Gasteiger partial charge in [0.05, 0.1) is 18.2 Å². The lowest BCUT2D eigenvalue weighted by atomic mass is 10.1. The number of methoxy groups -OCH3 is 1. The standard InChI is InChI=1S/C18H15N3O4S/c1-11-3-8-14(25-11)13-6-4-12(5-7-13)10-19-21-18-20-17(23)15(26-18)9-16(22)24-2/h3-10H,1-2H3,(H,20,21,23)/b15-9+,19-10?. The van der Waals surface area contributed by atoms with Gasteiger partial charge in [-0.25, -0.2) is 4.79 Å². The van der Waals surface area contributed by atoms with Crippen molar-refractivity contribution in [3.63, 3.8) is 0 Å². The summed E-state index contributed by atoms with van der Waals surface area (Å²) >= 11 is 1.02. The monoisotopic (exact) mass is 369 g/mol. The summed E-state index contributed by atoms with van der Waals surface area (Å²) in [5, 5.41) is 10.7. The number of amides is 1. The van der Waals surface area contributed by atoms with Gasteiger partial charge in [0.25, 0.3) is 5.91 Å². The molecule has 7 nitrogen and oxygen atoms in total. The van der Waals surface area contributed by atoms with E-state index in [9.17, 15) is 9.59 Å². The first-order valence-corrected chi connectivity index (χ1v) is 8.43. The third-order valence-corrected chi connectivity index (χ3v) is 4.29. The third kappa shape index (κ3) is 4.28. The molecule has 0 atom stereocenters. The van der Waals surface area contributed by atoms with Gasteiger partial charge in [-0.2, -0.15) is 5.10 Å². The molecular formula is C18H15N3O4S. The zero-order valence-corrected chi connectivity index (χ0v) is 14.9. The van der Waals surface area contributed by atoms with E-state index in [0.717, 1.165) is 40.5 Å². The van der Waals surface area contributed by atoms with Crippen LogP contribution in [0, 0.1) is 6.92 Å². The molecule has 132 valence electrons. The molecular weight excluding hydrogens is 354 g/mol. The minimum Gasteiger partial charge on any atom is -0.466 e. The predicted octanol–water partition coefficient (Wildman–Crippen LogP) is 2.86. The van der Waals surface area contributed by atoms with Crippen molar-refractivity contribution in [3.05, 3.63) is 58.7 Å². The molecule has 1 saturated heterocycles.